The number of carbonyl (C=O) groups is 1. The predicted octanol–water partition coefficient (Wildman–Crippen LogP) is 7.00. The predicted molar refractivity (Wildman–Crippen MR) is 157 cm³/mol. The van der Waals surface area contributed by atoms with Gasteiger partial charge in [0.2, 0.25) is 0 Å². The minimum atomic E-state index is -4.76. The standard InChI is InChI=1S/C22H34N6O2.C9H6F6/c23-14-21(26-27-24)25-18-7-4-10-28(22(29)30-19-8-1-2-9-19)20-13-16-6-3-5-15(16)11-17(20)12-18;1-5-2-6(8(10,11)12)4-7(3-5)9(13,14)15/h11,13,18-19,21,25H,1-10,12,14,23H2,(H2,24,26);2-4H,1H3. The molecule has 0 aromatic heterocycles. The second-order valence-electron chi connectivity index (χ2n) is 11.8. The zero-order valence-corrected chi connectivity index (χ0v) is 25.2. The number of hydrogen-bond acceptors (Lipinski definition) is 6. The zero-order valence-electron chi connectivity index (χ0n) is 25.2. The summed E-state index contributed by atoms with van der Waals surface area (Å²) in [7, 11) is 0. The Balaban J connectivity index is 0.000000259. The van der Waals surface area contributed by atoms with Crippen LogP contribution in [0.25, 0.3) is 0 Å². The van der Waals surface area contributed by atoms with Crippen molar-refractivity contribution in [2.24, 2.45) is 21.9 Å². The largest absolute Gasteiger partial charge is 0.446 e. The van der Waals surface area contributed by atoms with E-state index in [4.69, 9.17) is 16.3 Å². The normalized spacial score (nSPS) is 19.7. The number of anilines is 1. The third-order valence-corrected chi connectivity index (χ3v) is 8.36. The van der Waals surface area contributed by atoms with Crippen molar-refractivity contribution in [3.8, 4) is 0 Å². The van der Waals surface area contributed by atoms with Crippen LogP contribution in [0.2, 0.25) is 0 Å². The lowest BCUT2D eigenvalue weighted by Gasteiger charge is -2.32. The van der Waals surface area contributed by atoms with E-state index in [0.717, 1.165) is 63.5 Å². The van der Waals surface area contributed by atoms with Gasteiger partial charge in [-0.3, -0.25) is 10.2 Å². The van der Waals surface area contributed by atoms with Crippen molar-refractivity contribution < 1.29 is 35.9 Å². The van der Waals surface area contributed by atoms with Crippen molar-refractivity contribution in [2.75, 3.05) is 18.0 Å². The lowest BCUT2D eigenvalue weighted by molar-refractivity contribution is -0.143. The van der Waals surface area contributed by atoms with Crippen LogP contribution < -0.4 is 21.8 Å². The monoisotopic (exact) mass is 642 g/mol. The summed E-state index contributed by atoms with van der Waals surface area (Å²) in [4.78, 5) is 15.0. The Morgan fingerprint density at radius 1 is 0.933 bits per heavy atom. The first-order valence-corrected chi connectivity index (χ1v) is 15.2. The summed E-state index contributed by atoms with van der Waals surface area (Å²) in [6.07, 6.45) is 0.330. The summed E-state index contributed by atoms with van der Waals surface area (Å²) in [6, 6.07) is 6.19. The average molecular weight is 643 g/mol. The van der Waals surface area contributed by atoms with Crippen molar-refractivity contribution in [2.45, 2.75) is 102 Å². The molecular weight excluding hydrogens is 602 g/mol. The molecule has 3 aliphatic rings. The molecule has 45 heavy (non-hydrogen) atoms. The summed E-state index contributed by atoms with van der Waals surface area (Å²) in [5.41, 5.74) is 8.16. The fourth-order valence-corrected chi connectivity index (χ4v) is 6.22. The number of rotatable bonds is 5. The first kappa shape index (κ1) is 34.5. The summed E-state index contributed by atoms with van der Waals surface area (Å²) >= 11 is 0. The van der Waals surface area contributed by atoms with E-state index in [0.29, 0.717) is 25.2 Å². The fourth-order valence-electron chi connectivity index (χ4n) is 6.22. The van der Waals surface area contributed by atoms with Crippen molar-refractivity contribution in [1.82, 2.24) is 5.32 Å². The van der Waals surface area contributed by atoms with E-state index in [-0.39, 0.29) is 36.0 Å². The number of hydrogen-bond donors (Lipinski definition) is 3. The zero-order chi connectivity index (χ0) is 32.8. The molecular formula is C31H40F6N6O2. The number of benzene rings is 2. The Bertz CT molecular complexity index is 1310. The SMILES string of the molecule is Cc1cc(C(F)(F)F)cc(C(F)(F)F)c1.NCC(/N=N\N)NC1CCCN(C(=O)OC2CCCC2)c2cc3c(cc2C1)CCC3. The van der Waals surface area contributed by atoms with E-state index in [1.807, 2.05) is 4.90 Å². The van der Waals surface area contributed by atoms with Gasteiger partial charge in [-0.25, -0.2) is 4.79 Å². The number of nitrogens with two attached hydrogens (primary N) is 2. The molecule has 2 aliphatic carbocycles. The maximum Gasteiger partial charge on any atom is 0.416 e. The third-order valence-electron chi connectivity index (χ3n) is 8.36. The molecule has 0 spiro atoms. The Labute approximate surface area is 258 Å². The fraction of sp³-hybridized carbons (Fsp3) is 0.581. The summed E-state index contributed by atoms with van der Waals surface area (Å²) in [5, 5.41) is 10.9. The molecule has 0 bridgehead atoms. The highest BCUT2D eigenvalue weighted by molar-refractivity contribution is 5.89. The van der Waals surface area contributed by atoms with E-state index in [2.05, 4.69) is 27.8 Å². The highest BCUT2D eigenvalue weighted by Gasteiger charge is 2.36. The van der Waals surface area contributed by atoms with Gasteiger partial charge >= 0.3 is 18.4 Å². The van der Waals surface area contributed by atoms with Gasteiger partial charge < -0.3 is 16.3 Å². The number of nitrogens with one attached hydrogen (secondary N) is 1. The van der Waals surface area contributed by atoms with Crippen LogP contribution in [0.5, 0.6) is 0 Å². The van der Waals surface area contributed by atoms with E-state index in [1.165, 1.54) is 30.0 Å². The molecule has 1 aliphatic heterocycles. The lowest BCUT2D eigenvalue weighted by atomic mass is 9.94. The molecule has 5 N–H and O–H groups in total. The van der Waals surface area contributed by atoms with Gasteiger partial charge in [-0.2, -0.15) is 31.5 Å². The number of nitrogens with zero attached hydrogens (tertiary/aromatic N) is 3. The van der Waals surface area contributed by atoms with E-state index >= 15 is 0 Å². The highest BCUT2D eigenvalue weighted by Crippen LogP contribution is 2.37. The van der Waals surface area contributed by atoms with Crippen LogP contribution in [0.1, 0.15) is 78.3 Å². The van der Waals surface area contributed by atoms with Crippen molar-refractivity contribution in [1.29, 1.82) is 0 Å². The molecule has 2 aromatic carbocycles. The smallest absolute Gasteiger partial charge is 0.416 e. The number of ether oxygens (including phenoxy) is 1. The molecule has 1 fully saturated rings. The Kier molecular flexibility index (Phi) is 11.3. The number of alkyl halides is 6. The molecule has 248 valence electrons. The second kappa shape index (κ2) is 14.8. The number of amides is 1. The molecule has 1 saturated carbocycles. The number of fused-ring (bicyclic) bond motifs is 2. The van der Waals surface area contributed by atoms with Crippen LogP contribution in [0.3, 0.4) is 0 Å². The number of carbonyl (C=O) groups excluding carboxylic acids is 1. The molecule has 0 radical (unpaired) electrons. The second-order valence-corrected chi connectivity index (χ2v) is 11.8. The summed E-state index contributed by atoms with van der Waals surface area (Å²) in [6.45, 7) is 2.18. The summed E-state index contributed by atoms with van der Waals surface area (Å²) in [5.74, 6) is 5.23. The van der Waals surface area contributed by atoms with E-state index < -0.39 is 23.5 Å². The van der Waals surface area contributed by atoms with Gasteiger partial charge in [0.05, 0.1) is 16.8 Å². The average Bonchev–Trinajstić information content (AvgIpc) is 3.64. The van der Waals surface area contributed by atoms with Gasteiger partial charge in [0.1, 0.15) is 12.3 Å². The molecule has 1 heterocycles. The molecule has 14 heteroatoms. The van der Waals surface area contributed by atoms with Crippen molar-refractivity contribution in [3.63, 3.8) is 0 Å². The maximum atomic E-state index is 13.1. The van der Waals surface area contributed by atoms with Crippen LogP contribution in [0.4, 0.5) is 36.8 Å². The number of aryl methyl sites for hydroxylation is 3. The summed E-state index contributed by atoms with van der Waals surface area (Å²) < 4.78 is 78.9. The van der Waals surface area contributed by atoms with Gasteiger partial charge in [0.25, 0.3) is 0 Å². The molecule has 5 rings (SSSR count). The minimum absolute atomic E-state index is 0.0715. The van der Waals surface area contributed by atoms with Gasteiger partial charge in [0.15, 0.2) is 0 Å². The molecule has 2 unspecified atom stereocenters. The van der Waals surface area contributed by atoms with Gasteiger partial charge in [-0.05, 0) is 118 Å². The molecule has 2 atom stereocenters. The minimum Gasteiger partial charge on any atom is -0.446 e. The van der Waals surface area contributed by atoms with Gasteiger partial charge in [-0.15, -0.1) is 0 Å². The maximum absolute atomic E-state index is 13.1. The van der Waals surface area contributed by atoms with Gasteiger partial charge in [-0.1, -0.05) is 11.3 Å². The van der Waals surface area contributed by atoms with Crippen molar-refractivity contribution in [3.05, 3.63) is 63.7 Å². The Morgan fingerprint density at radius 3 is 2.13 bits per heavy atom. The van der Waals surface area contributed by atoms with Crippen LogP contribution in [-0.2, 0) is 36.4 Å². The first-order chi connectivity index (χ1) is 21.3. The first-order valence-electron chi connectivity index (χ1n) is 15.2. The quantitative estimate of drug-likeness (QED) is 0.141. The third kappa shape index (κ3) is 9.32. The highest BCUT2D eigenvalue weighted by atomic mass is 19.4. The van der Waals surface area contributed by atoms with E-state index in [1.54, 1.807) is 0 Å². The topological polar surface area (TPSA) is 118 Å². The Hall–Kier alpha value is -3.39. The molecule has 0 saturated heterocycles. The van der Waals surface area contributed by atoms with Crippen LogP contribution >= 0.6 is 0 Å². The van der Waals surface area contributed by atoms with Gasteiger partial charge in [0, 0.05) is 19.1 Å². The van der Waals surface area contributed by atoms with Crippen LogP contribution in [-0.4, -0.2) is 37.5 Å². The molecule has 1 amide bonds. The lowest BCUT2D eigenvalue weighted by Crippen LogP contribution is -2.45. The van der Waals surface area contributed by atoms with E-state index in [9.17, 15) is 31.1 Å². The number of halogens is 6. The van der Waals surface area contributed by atoms with Crippen molar-refractivity contribution >= 4 is 11.8 Å². The van der Waals surface area contributed by atoms with Crippen LogP contribution in [0, 0.1) is 6.92 Å². The molecule has 8 nitrogen and oxygen atoms in total. The van der Waals surface area contributed by atoms with Crippen LogP contribution in [0.15, 0.2) is 40.7 Å². The molecule has 2 aromatic rings. The Morgan fingerprint density at radius 2 is 1.56 bits per heavy atom.